The minimum atomic E-state index is -1.65. The number of rotatable bonds is 8. The fourth-order valence-corrected chi connectivity index (χ4v) is 3.54. The number of carbonyl (C=O) groups excluding carboxylic acids is 2. The molecule has 0 spiro atoms. The molecule has 2 aromatic carbocycles. The molecule has 0 aliphatic carbocycles. The van der Waals surface area contributed by atoms with Gasteiger partial charge in [0.1, 0.15) is 12.3 Å². The van der Waals surface area contributed by atoms with E-state index in [9.17, 15) is 27.2 Å². The van der Waals surface area contributed by atoms with E-state index in [1.54, 1.807) is 25.6 Å². The van der Waals surface area contributed by atoms with Gasteiger partial charge in [-0.1, -0.05) is 12.1 Å². The average molecular weight is 530 g/mol. The number of carbonyl (C=O) groups is 2. The molecule has 0 saturated carbocycles. The summed E-state index contributed by atoms with van der Waals surface area (Å²) in [5.41, 5.74) is 2.14. The molecule has 0 fully saturated rings. The highest BCUT2D eigenvalue weighted by molar-refractivity contribution is 6.11. The number of nitrogens with zero attached hydrogens (tertiary/aromatic N) is 4. The Bertz CT molecular complexity index is 1490. The minimum absolute atomic E-state index is 0.0874. The van der Waals surface area contributed by atoms with Crippen LogP contribution in [0, 0.1) is 30.2 Å². The Hall–Kier alpha value is -4.68. The number of amides is 2. The Balaban J connectivity index is 1.46. The molecular weight excluding hydrogens is 508 g/mol. The zero-order valence-electron chi connectivity index (χ0n) is 20.5. The third-order valence-corrected chi connectivity index (χ3v) is 5.76. The summed E-state index contributed by atoms with van der Waals surface area (Å²) < 4.78 is 62.3. The van der Waals surface area contributed by atoms with Crippen molar-refractivity contribution in [3.05, 3.63) is 88.5 Å². The maximum Gasteiger partial charge on any atom is 0.276 e. The molecule has 0 aliphatic rings. The maximum absolute atomic E-state index is 13.8. The van der Waals surface area contributed by atoms with Crippen molar-refractivity contribution in [2.45, 2.75) is 27.0 Å². The zero-order valence-corrected chi connectivity index (χ0v) is 20.5. The summed E-state index contributed by atoms with van der Waals surface area (Å²) >= 11 is 0. The van der Waals surface area contributed by atoms with Crippen molar-refractivity contribution in [3.63, 3.8) is 0 Å². The monoisotopic (exact) mass is 530 g/mol. The number of hydrogen-bond donors (Lipinski definition) is 2. The highest BCUT2D eigenvalue weighted by Crippen LogP contribution is 2.27. The molecule has 38 heavy (non-hydrogen) atoms. The van der Waals surface area contributed by atoms with Crippen LogP contribution in [0.15, 0.2) is 42.7 Å². The van der Waals surface area contributed by atoms with Crippen molar-refractivity contribution in [1.82, 2.24) is 19.6 Å². The fraction of sp³-hybridized carbons (Fsp3) is 0.200. The SMILES string of the molecule is CCn1ncc(NC(=O)c2ccc(COc3c(F)c(F)cc(F)c3F)cc2)c1C(=O)Nc1cnn(C)c1C. The highest BCUT2D eigenvalue weighted by Gasteiger charge is 2.22. The molecule has 0 saturated heterocycles. The second-order valence-corrected chi connectivity index (χ2v) is 8.18. The van der Waals surface area contributed by atoms with Crippen LogP contribution in [-0.4, -0.2) is 31.4 Å². The number of nitrogens with one attached hydrogen (secondary N) is 2. The maximum atomic E-state index is 13.8. The van der Waals surface area contributed by atoms with Crippen molar-refractivity contribution in [3.8, 4) is 5.75 Å². The quantitative estimate of drug-likeness (QED) is 0.256. The Morgan fingerprint density at radius 2 is 1.53 bits per heavy atom. The van der Waals surface area contributed by atoms with Gasteiger partial charge in [0, 0.05) is 25.2 Å². The van der Waals surface area contributed by atoms with E-state index < -0.39 is 47.4 Å². The van der Waals surface area contributed by atoms with Crippen molar-refractivity contribution in [2.75, 3.05) is 10.6 Å². The lowest BCUT2D eigenvalue weighted by Gasteiger charge is -2.11. The van der Waals surface area contributed by atoms with E-state index in [2.05, 4.69) is 20.8 Å². The molecular formula is C25H22F4N6O3. The molecule has 2 heterocycles. The fourth-order valence-electron chi connectivity index (χ4n) is 3.54. The lowest BCUT2D eigenvalue weighted by atomic mass is 10.1. The molecule has 198 valence electrons. The van der Waals surface area contributed by atoms with Crippen molar-refractivity contribution < 1.29 is 31.9 Å². The van der Waals surface area contributed by atoms with Crippen molar-refractivity contribution in [2.24, 2.45) is 7.05 Å². The van der Waals surface area contributed by atoms with Crippen LogP contribution < -0.4 is 15.4 Å². The van der Waals surface area contributed by atoms with E-state index in [0.717, 1.165) is 5.69 Å². The van der Waals surface area contributed by atoms with E-state index in [1.807, 2.05) is 0 Å². The molecule has 2 N–H and O–H groups in total. The van der Waals surface area contributed by atoms with Crippen molar-refractivity contribution in [1.29, 1.82) is 0 Å². The van der Waals surface area contributed by atoms with E-state index in [-0.39, 0.29) is 23.0 Å². The van der Waals surface area contributed by atoms with Crippen LogP contribution in [0.3, 0.4) is 0 Å². The van der Waals surface area contributed by atoms with E-state index >= 15 is 0 Å². The molecule has 0 bridgehead atoms. The smallest absolute Gasteiger partial charge is 0.276 e. The summed E-state index contributed by atoms with van der Waals surface area (Å²) in [5.74, 6) is -8.68. The summed E-state index contributed by atoms with van der Waals surface area (Å²) in [7, 11) is 1.74. The van der Waals surface area contributed by atoms with Gasteiger partial charge in [0.25, 0.3) is 11.8 Å². The molecule has 4 aromatic rings. The Kier molecular flexibility index (Phi) is 7.46. The number of aryl methyl sites for hydroxylation is 2. The lowest BCUT2D eigenvalue weighted by molar-refractivity contribution is 0.101. The average Bonchev–Trinajstić information content (AvgIpc) is 3.45. The van der Waals surface area contributed by atoms with Crippen LogP contribution >= 0.6 is 0 Å². The number of anilines is 2. The summed E-state index contributed by atoms with van der Waals surface area (Å²) in [6, 6.07) is 5.79. The third kappa shape index (κ3) is 5.21. The van der Waals surface area contributed by atoms with Crippen LogP contribution in [0.4, 0.5) is 28.9 Å². The van der Waals surface area contributed by atoms with Gasteiger partial charge in [0.2, 0.25) is 11.6 Å². The number of ether oxygens (including phenoxy) is 1. The number of aromatic nitrogens is 4. The number of benzene rings is 2. The van der Waals surface area contributed by atoms with Gasteiger partial charge < -0.3 is 15.4 Å². The van der Waals surface area contributed by atoms with Gasteiger partial charge in [-0.15, -0.1) is 0 Å². The zero-order chi connectivity index (χ0) is 27.6. The van der Waals surface area contributed by atoms with Gasteiger partial charge in [-0.25, -0.2) is 8.78 Å². The van der Waals surface area contributed by atoms with Gasteiger partial charge in [-0.3, -0.25) is 19.0 Å². The van der Waals surface area contributed by atoms with Crippen LogP contribution in [-0.2, 0) is 20.2 Å². The van der Waals surface area contributed by atoms with Crippen LogP contribution in [0.5, 0.6) is 5.75 Å². The normalized spacial score (nSPS) is 10.9. The summed E-state index contributed by atoms with van der Waals surface area (Å²) in [6.45, 7) is 3.54. The predicted molar refractivity (Wildman–Crippen MR) is 129 cm³/mol. The predicted octanol–water partition coefficient (Wildman–Crippen LogP) is 4.58. The molecule has 4 rings (SSSR count). The Labute approximate surface area is 214 Å². The second kappa shape index (κ2) is 10.7. The summed E-state index contributed by atoms with van der Waals surface area (Å²) in [4.78, 5) is 25.9. The third-order valence-electron chi connectivity index (χ3n) is 5.76. The van der Waals surface area contributed by atoms with Gasteiger partial charge in [0.15, 0.2) is 17.4 Å². The molecule has 9 nitrogen and oxygen atoms in total. The Morgan fingerprint density at radius 3 is 2.11 bits per heavy atom. The topological polar surface area (TPSA) is 103 Å². The summed E-state index contributed by atoms with van der Waals surface area (Å²) in [5, 5.41) is 13.7. The van der Waals surface area contributed by atoms with E-state index in [0.29, 0.717) is 17.8 Å². The first-order valence-electron chi connectivity index (χ1n) is 11.3. The first kappa shape index (κ1) is 26.4. The van der Waals surface area contributed by atoms with Gasteiger partial charge >= 0.3 is 0 Å². The highest BCUT2D eigenvalue weighted by atomic mass is 19.2. The molecule has 0 unspecified atom stereocenters. The first-order valence-corrected chi connectivity index (χ1v) is 11.3. The minimum Gasteiger partial charge on any atom is -0.483 e. The van der Waals surface area contributed by atoms with Gasteiger partial charge in [-0.05, 0) is 31.5 Å². The van der Waals surface area contributed by atoms with Crippen LogP contribution in [0.25, 0.3) is 0 Å². The number of halogens is 4. The molecule has 0 aliphatic heterocycles. The van der Waals surface area contributed by atoms with E-state index in [4.69, 9.17) is 4.74 Å². The van der Waals surface area contributed by atoms with Crippen molar-refractivity contribution >= 4 is 23.2 Å². The van der Waals surface area contributed by atoms with E-state index in [1.165, 1.54) is 41.3 Å². The molecule has 0 atom stereocenters. The van der Waals surface area contributed by atoms with Gasteiger partial charge in [0.05, 0.1) is 29.5 Å². The molecule has 13 heteroatoms. The van der Waals surface area contributed by atoms with Crippen LogP contribution in [0.2, 0.25) is 0 Å². The standard InChI is InChI=1S/C25H22F4N6O3/c1-4-35-22(25(37)32-18-10-30-34(3)13(18)2)19(11-31-35)33-24(36)15-7-5-14(6-8-15)12-38-23-20(28)16(26)9-17(27)21(23)29/h5-11H,4,12H2,1-3H3,(H,32,37)(H,33,36). The molecule has 0 radical (unpaired) electrons. The Morgan fingerprint density at radius 1 is 0.921 bits per heavy atom. The van der Waals surface area contributed by atoms with Gasteiger partial charge in [-0.2, -0.15) is 19.0 Å². The number of hydrogen-bond acceptors (Lipinski definition) is 5. The molecule has 2 aromatic heterocycles. The first-order chi connectivity index (χ1) is 18.1. The summed E-state index contributed by atoms with van der Waals surface area (Å²) in [6.07, 6.45) is 2.87. The second-order valence-electron chi connectivity index (χ2n) is 8.18. The largest absolute Gasteiger partial charge is 0.483 e. The van der Waals surface area contributed by atoms with Crippen LogP contribution in [0.1, 0.15) is 39.0 Å². The lowest BCUT2D eigenvalue weighted by Crippen LogP contribution is -2.21. The molecule has 2 amide bonds.